The molecule has 3 aromatic heterocycles. The molecule has 0 saturated carbocycles. The Labute approximate surface area is 129 Å². The lowest BCUT2D eigenvalue weighted by Crippen LogP contribution is -2.22. The highest BCUT2D eigenvalue weighted by Crippen LogP contribution is 2.25. The molecule has 0 aliphatic carbocycles. The molecule has 11 nitrogen and oxygen atoms in total. The number of nitro groups is 1. The average molecular weight is 318 g/mol. The number of fused-ring (bicyclic) bond motifs is 1. The summed E-state index contributed by atoms with van der Waals surface area (Å²) < 4.78 is 4.28. The second-order valence-corrected chi connectivity index (χ2v) is 4.94. The van der Waals surface area contributed by atoms with E-state index < -0.39 is 4.92 Å². The molecule has 3 rings (SSSR count). The molecule has 0 saturated heterocycles. The highest BCUT2D eigenvalue weighted by atomic mass is 16.6. The number of imidazole rings is 1. The first-order valence-electron chi connectivity index (χ1n) is 6.69. The van der Waals surface area contributed by atoms with Crippen LogP contribution in [0.25, 0.3) is 22.6 Å². The summed E-state index contributed by atoms with van der Waals surface area (Å²) in [5, 5.41) is 33.1. The monoisotopic (exact) mass is 318 g/mol. The molecule has 120 valence electrons. The van der Waals surface area contributed by atoms with Gasteiger partial charge in [0.05, 0.1) is 25.4 Å². The molecule has 0 spiro atoms. The van der Waals surface area contributed by atoms with Crippen LogP contribution in [0, 0.1) is 15.5 Å². The Kier molecular flexibility index (Phi) is 3.41. The van der Waals surface area contributed by atoms with Crippen LogP contribution in [0.1, 0.15) is 0 Å². The topological polar surface area (TPSA) is 141 Å². The normalized spacial score (nSPS) is 11.3. The van der Waals surface area contributed by atoms with Crippen molar-refractivity contribution in [3.63, 3.8) is 0 Å². The van der Waals surface area contributed by atoms with Crippen molar-refractivity contribution >= 4 is 16.9 Å². The van der Waals surface area contributed by atoms with Crippen LogP contribution in [0.3, 0.4) is 0 Å². The molecule has 0 aromatic carbocycles. The second-order valence-electron chi connectivity index (χ2n) is 4.94. The predicted molar refractivity (Wildman–Crippen MR) is 78.3 cm³/mol. The van der Waals surface area contributed by atoms with Crippen LogP contribution in [-0.2, 0) is 20.6 Å². The molecule has 3 heterocycles. The van der Waals surface area contributed by atoms with Gasteiger partial charge in [-0.1, -0.05) is 0 Å². The number of nitrogens with one attached hydrogen (secondary N) is 1. The average Bonchev–Trinajstić information content (AvgIpc) is 3.03. The van der Waals surface area contributed by atoms with E-state index in [0.29, 0.717) is 16.7 Å². The summed E-state index contributed by atoms with van der Waals surface area (Å²) in [5.41, 5.74) is 0.908. The lowest BCUT2D eigenvalue weighted by molar-refractivity contribution is -0.391. The second kappa shape index (κ2) is 5.28. The quantitative estimate of drug-likeness (QED) is 0.493. The maximum Gasteiger partial charge on any atom is 0.342 e. The highest BCUT2D eigenvalue weighted by molar-refractivity contribution is 5.88. The molecule has 0 fully saturated rings. The zero-order valence-corrected chi connectivity index (χ0v) is 12.5. The number of nitrogens with zero attached hydrogens (tertiary/aromatic N) is 7. The number of aliphatic hydroxyl groups is 1. The van der Waals surface area contributed by atoms with E-state index in [1.807, 2.05) is 0 Å². The van der Waals surface area contributed by atoms with Crippen molar-refractivity contribution in [3.8, 4) is 11.5 Å². The Morgan fingerprint density at radius 2 is 2.13 bits per heavy atom. The summed E-state index contributed by atoms with van der Waals surface area (Å²) in [4.78, 5) is 18.7. The van der Waals surface area contributed by atoms with Gasteiger partial charge in [0, 0.05) is 13.6 Å². The van der Waals surface area contributed by atoms with Crippen LogP contribution < -0.4 is 5.49 Å². The standard InChI is InChI=1S/C12H14N8O3/c1-17-7(20(22)23)5-14-12(17)9-8-10(13)19(3-4-21)6-15-11(8)18(2)16-9/h5-6,13,21H,3-4H2,1-2H3. The lowest BCUT2D eigenvalue weighted by Gasteiger charge is -2.04. The summed E-state index contributed by atoms with van der Waals surface area (Å²) in [7, 11) is 3.19. The number of rotatable bonds is 4. The van der Waals surface area contributed by atoms with E-state index in [4.69, 9.17) is 10.5 Å². The molecule has 0 atom stereocenters. The van der Waals surface area contributed by atoms with E-state index in [1.54, 1.807) is 7.05 Å². The molecular formula is C12H14N8O3. The van der Waals surface area contributed by atoms with Gasteiger partial charge in [-0.2, -0.15) is 5.10 Å². The van der Waals surface area contributed by atoms with E-state index in [-0.39, 0.29) is 30.3 Å². The zero-order chi connectivity index (χ0) is 16.7. The fraction of sp³-hybridized carbons (Fsp3) is 0.333. The molecule has 11 heteroatoms. The highest BCUT2D eigenvalue weighted by Gasteiger charge is 2.24. The molecule has 0 amide bonds. The summed E-state index contributed by atoms with van der Waals surface area (Å²) in [6.45, 7) is 0.0873. The smallest absolute Gasteiger partial charge is 0.342 e. The Morgan fingerprint density at radius 3 is 2.74 bits per heavy atom. The molecule has 0 aliphatic rings. The molecule has 0 aliphatic heterocycles. The maximum absolute atomic E-state index is 11.0. The minimum Gasteiger partial charge on any atom is -0.395 e. The molecule has 0 unspecified atom stereocenters. The van der Waals surface area contributed by atoms with Crippen molar-refractivity contribution in [2.45, 2.75) is 6.54 Å². The minimum atomic E-state index is -0.534. The molecule has 23 heavy (non-hydrogen) atoms. The van der Waals surface area contributed by atoms with Crippen molar-refractivity contribution in [1.29, 1.82) is 5.41 Å². The number of aromatic nitrogens is 6. The van der Waals surface area contributed by atoms with Gasteiger partial charge in [-0.25, -0.2) is 19.2 Å². The Bertz CT molecular complexity index is 967. The van der Waals surface area contributed by atoms with E-state index in [1.165, 1.54) is 27.2 Å². The third kappa shape index (κ3) is 2.17. The fourth-order valence-electron chi connectivity index (χ4n) is 2.43. The summed E-state index contributed by atoms with van der Waals surface area (Å²) in [6.07, 6.45) is 2.60. The van der Waals surface area contributed by atoms with Crippen LogP contribution in [0.15, 0.2) is 12.5 Å². The van der Waals surface area contributed by atoms with Gasteiger partial charge >= 0.3 is 5.82 Å². The Balaban J connectivity index is 2.32. The predicted octanol–water partition coefficient (Wildman–Crippen LogP) is -0.450. The van der Waals surface area contributed by atoms with Gasteiger partial charge in [-0.15, -0.1) is 0 Å². The van der Waals surface area contributed by atoms with Gasteiger partial charge in [-0.05, 0) is 4.92 Å². The third-order valence-electron chi connectivity index (χ3n) is 3.56. The Hall–Kier alpha value is -3.08. The van der Waals surface area contributed by atoms with Crippen molar-refractivity contribution in [3.05, 3.63) is 28.1 Å². The summed E-state index contributed by atoms with van der Waals surface area (Å²) in [5.74, 6) is 0.108. The first kappa shape index (κ1) is 14.8. The van der Waals surface area contributed by atoms with Crippen molar-refractivity contribution in [2.24, 2.45) is 14.1 Å². The maximum atomic E-state index is 11.0. The van der Waals surface area contributed by atoms with Crippen molar-refractivity contribution < 1.29 is 10.0 Å². The van der Waals surface area contributed by atoms with E-state index in [2.05, 4.69) is 15.1 Å². The van der Waals surface area contributed by atoms with Gasteiger partial charge in [0.15, 0.2) is 11.3 Å². The summed E-state index contributed by atoms with van der Waals surface area (Å²) >= 11 is 0. The van der Waals surface area contributed by atoms with Crippen LogP contribution in [-0.4, -0.2) is 45.5 Å². The van der Waals surface area contributed by atoms with Crippen LogP contribution in [0.2, 0.25) is 0 Å². The van der Waals surface area contributed by atoms with Crippen LogP contribution in [0.5, 0.6) is 0 Å². The number of aliphatic hydroxyl groups excluding tert-OH is 1. The molecule has 2 N–H and O–H groups in total. The van der Waals surface area contributed by atoms with Gasteiger partial charge < -0.3 is 19.8 Å². The van der Waals surface area contributed by atoms with Gasteiger partial charge in [0.2, 0.25) is 5.82 Å². The zero-order valence-electron chi connectivity index (χ0n) is 12.5. The third-order valence-corrected chi connectivity index (χ3v) is 3.56. The largest absolute Gasteiger partial charge is 0.395 e. The van der Waals surface area contributed by atoms with Crippen molar-refractivity contribution in [1.82, 2.24) is 28.9 Å². The van der Waals surface area contributed by atoms with Crippen LogP contribution >= 0.6 is 0 Å². The first-order valence-corrected chi connectivity index (χ1v) is 6.69. The van der Waals surface area contributed by atoms with E-state index in [9.17, 15) is 10.1 Å². The number of aryl methyl sites for hydroxylation is 1. The molecular weight excluding hydrogens is 304 g/mol. The SMILES string of the molecule is Cn1c([N+](=O)[O-])cnc1-c1nn(C)c2ncn(CCO)c(=N)c12. The molecule has 0 bridgehead atoms. The van der Waals surface area contributed by atoms with E-state index in [0.717, 1.165) is 6.20 Å². The van der Waals surface area contributed by atoms with Gasteiger partial charge in [0.25, 0.3) is 0 Å². The lowest BCUT2D eigenvalue weighted by atomic mass is 10.3. The van der Waals surface area contributed by atoms with Gasteiger partial charge in [-0.3, -0.25) is 5.41 Å². The first-order chi connectivity index (χ1) is 11.0. The van der Waals surface area contributed by atoms with Crippen LogP contribution in [0.4, 0.5) is 5.82 Å². The Morgan fingerprint density at radius 1 is 1.39 bits per heavy atom. The summed E-state index contributed by atoms with van der Waals surface area (Å²) in [6, 6.07) is 0. The number of hydrogen-bond acceptors (Lipinski definition) is 7. The number of hydrogen-bond donors (Lipinski definition) is 2. The molecule has 0 radical (unpaired) electrons. The van der Waals surface area contributed by atoms with Crippen molar-refractivity contribution in [2.75, 3.05) is 6.61 Å². The van der Waals surface area contributed by atoms with E-state index >= 15 is 0 Å². The van der Waals surface area contributed by atoms with Gasteiger partial charge in [0.1, 0.15) is 11.7 Å². The fourth-order valence-corrected chi connectivity index (χ4v) is 2.43. The molecule has 3 aromatic rings. The minimum absolute atomic E-state index is 0.109.